The Morgan fingerprint density at radius 2 is 1.80 bits per heavy atom. The van der Waals surface area contributed by atoms with Crippen LogP contribution >= 0.6 is 0 Å². The van der Waals surface area contributed by atoms with Gasteiger partial charge in [-0.3, -0.25) is 14.4 Å². The van der Waals surface area contributed by atoms with Gasteiger partial charge in [-0.1, -0.05) is 50.6 Å². The summed E-state index contributed by atoms with van der Waals surface area (Å²) in [5.41, 5.74) is 1.51. The van der Waals surface area contributed by atoms with Crippen molar-refractivity contribution in [1.82, 2.24) is 10.2 Å². The van der Waals surface area contributed by atoms with Gasteiger partial charge in [-0.25, -0.2) is 0 Å². The van der Waals surface area contributed by atoms with Crippen LogP contribution < -0.4 is 5.32 Å². The highest BCUT2D eigenvalue weighted by Crippen LogP contribution is 2.25. The molecule has 1 aliphatic rings. The van der Waals surface area contributed by atoms with E-state index in [-0.39, 0.29) is 36.2 Å². The van der Waals surface area contributed by atoms with Crippen LogP contribution in [0.25, 0.3) is 0 Å². The molecule has 30 heavy (non-hydrogen) atoms. The zero-order valence-electron chi connectivity index (χ0n) is 19.2. The second kappa shape index (κ2) is 10.1. The second-order valence-corrected chi connectivity index (χ2v) is 9.55. The van der Waals surface area contributed by atoms with Gasteiger partial charge in [-0.15, -0.1) is 0 Å². The largest absolute Gasteiger partial charge is 0.463 e. The van der Waals surface area contributed by atoms with Gasteiger partial charge in [0, 0.05) is 18.5 Å². The lowest BCUT2D eigenvalue weighted by Gasteiger charge is -2.36. The van der Waals surface area contributed by atoms with E-state index < -0.39 is 11.5 Å². The van der Waals surface area contributed by atoms with Crippen LogP contribution in [0.5, 0.6) is 0 Å². The van der Waals surface area contributed by atoms with E-state index >= 15 is 0 Å². The molecule has 0 saturated carbocycles. The van der Waals surface area contributed by atoms with E-state index in [0.29, 0.717) is 13.1 Å². The summed E-state index contributed by atoms with van der Waals surface area (Å²) in [5, 5.41) is 3.05. The minimum absolute atomic E-state index is 0.0654. The minimum atomic E-state index is -0.469. The molecule has 2 amide bonds. The average Bonchev–Trinajstić information content (AvgIpc) is 2.66. The lowest BCUT2D eigenvalue weighted by atomic mass is 9.90. The molecule has 2 atom stereocenters. The highest BCUT2D eigenvalue weighted by molar-refractivity contribution is 5.84. The third kappa shape index (κ3) is 6.85. The van der Waals surface area contributed by atoms with Crippen LogP contribution in [0.4, 0.5) is 0 Å². The molecule has 1 aromatic rings. The Morgan fingerprint density at radius 1 is 1.17 bits per heavy atom. The van der Waals surface area contributed by atoms with Crippen molar-refractivity contribution >= 4 is 17.8 Å². The van der Waals surface area contributed by atoms with Crippen LogP contribution in [0, 0.1) is 18.3 Å². The van der Waals surface area contributed by atoms with Gasteiger partial charge in [-0.2, -0.15) is 0 Å². The Balaban J connectivity index is 2.11. The molecule has 2 unspecified atom stereocenters. The summed E-state index contributed by atoms with van der Waals surface area (Å²) in [6.07, 6.45) is 1.40. The normalized spacial score (nSPS) is 18.1. The van der Waals surface area contributed by atoms with E-state index in [1.54, 1.807) is 18.7 Å². The predicted octanol–water partition coefficient (Wildman–Crippen LogP) is 3.78. The summed E-state index contributed by atoms with van der Waals surface area (Å²) in [6.45, 7) is 12.4. The molecule has 1 heterocycles. The first-order valence-electron chi connectivity index (χ1n) is 10.8. The fraction of sp³-hybridized carbons (Fsp3) is 0.625. The minimum Gasteiger partial charge on any atom is -0.463 e. The van der Waals surface area contributed by atoms with E-state index in [1.165, 1.54) is 0 Å². The highest BCUT2D eigenvalue weighted by Gasteiger charge is 2.34. The monoisotopic (exact) mass is 416 g/mol. The van der Waals surface area contributed by atoms with Crippen molar-refractivity contribution in [3.05, 3.63) is 35.4 Å². The maximum atomic E-state index is 13.1. The Kier molecular flexibility index (Phi) is 8.04. The zero-order valence-corrected chi connectivity index (χ0v) is 19.2. The number of carbonyl (C=O) groups excluding carboxylic acids is 3. The lowest BCUT2D eigenvalue weighted by molar-refractivity contribution is -0.148. The molecule has 1 fully saturated rings. The zero-order chi connectivity index (χ0) is 22.5. The van der Waals surface area contributed by atoms with Crippen molar-refractivity contribution < 1.29 is 19.1 Å². The van der Waals surface area contributed by atoms with Gasteiger partial charge >= 0.3 is 5.97 Å². The molecule has 0 bridgehead atoms. The van der Waals surface area contributed by atoms with Crippen LogP contribution in [0.2, 0.25) is 0 Å². The van der Waals surface area contributed by atoms with Gasteiger partial charge in [0.2, 0.25) is 11.8 Å². The second-order valence-electron chi connectivity index (χ2n) is 9.55. The summed E-state index contributed by atoms with van der Waals surface area (Å²) in [4.78, 5) is 39.8. The topological polar surface area (TPSA) is 75.7 Å². The molecule has 166 valence electrons. The first kappa shape index (κ1) is 23.9. The van der Waals surface area contributed by atoms with Crippen LogP contribution in [-0.4, -0.2) is 41.9 Å². The summed E-state index contributed by atoms with van der Waals surface area (Å²) in [5.74, 6) is -0.678. The van der Waals surface area contributed by atoms with Crippen molar-refractivity contribution in [2.75, 3.05) is 13.1 Å². The molecule has 1 saturated heterocycles. The number of hydrogen-bond acceptors (Lipinski definition) is 4. The Bertz CT molecular complexity index is 749. The summed E-state index contributed by atoms with van der Waals surface area (Å²) < 4.78 is 5.30. The Labute approximate surface area is 180 Å². The fourth-order valence-electron chi connectivity index (χ4n) is 3.67. The highest BCUT2D eigenvalue weighted by atomic mass is 16.5. The molecule has 0 aliphatic carbocycles. The molecule has 6 heteroatoms. The third-order valence-electron chi connectivity index (χ3n) is 5.26. The molecule has 0 spiro atoms. The first-order valence-corrected chi connectivity index (χ1v) is 10.8. The summed E-state index contributed by atoms with van der Waals surface area (Å²) in [7, 11) is 0. The van der Waals surface area contributed by atoms with Gasteiger partial charge in [0.05, 0.1) is 24.5 Å². The number of nitrogens with one attached hydrogen (secondary N) is 1. The number of nitrogens with zero attached hydrogens (tertiary/aromatic N) is 1. The van der Waals surface area contributed by atoms with Gasteiger partial charge in [0.1, 0.15) is 0 Å². The van der Waals surface area contributed by atoms with Crippen LogP contribution in [0.3, 0.4) is 0 Å². The molecular formula is C24H36N2O4. The molecule has 2 rings (SSSR count). The molecule has 6 nitrogen and oxygen atoms in total. The van der Waals surface area contributed by atoms with Gasteiger partial charge in [-0.05, 0) is 39.2 Å². The van der Waals surface area contributed by atoms with Crippen molar-refractivity contribution in [3.63, 3.8) is 0 Å². The van der Waals surface area contributed by atoms with Gasteiger partial charge in [0.15, 0.2) is 0 Å². The van der Waals surface area contributed by atoms with E-state index in [1.807, 2.05) is 52.0 Å². The number of ether oxygens (including phenoxy) is 1. The molecular weight excluding hydrogens is 380 g/mol. The fourth-order valence-corrected chi connectivity index (χ4v) is 3.67. The number of likely N-dealkylation sites (tertiary alicyclic amines) is 1. The SMILES string of the molecule is Cc1ccc(C(CC(=O)OC(C)C)NC(=O)C2CCCN(C(=O)C(C)(C)C)C2)cc1. The number of piperidine rings is 1. The number of esters is 1. The quantitative estimate of drug-likeness (QED) is 0.716. The Hall–Kier alpha value is -2.37. The maximum absolute atomic E-state index is 13.1. The number of amides is 2. The van der Waals surface area contributed by atoms with Crippen LogP contribution in [0.1, 0.15) is 71.0 Å². The first-order chi connectivity index (χ1) is 14.0. The number of aryl methyl sites for hydroxylation is 1. The van der Waals surface area contributed by atoms with Gasteiger partial charge < -0.3 is 15.0 Å². The number of carbonyl (C=O) groups is 3. The van der Waals surface area contributed by atoms with E-state index in [0.717, 1.165) is 24.0 Å². The molecule has 1 aromatic carbocycles. The van der Waals surface area contributed by atoms with E-state index in [9.17, 15) is 14.4 Å². The smallest absolute Gasteiger partial charge is 0.308 e. The van der Waals surface area contributed by atoms with Gasteiger partial charge in [0.25, 0.3) is 0 Å². The molecule has 1 aliphatic heterocycles. The van der Waals surface area contributed by atoms with Crippen molar-refractivity contribution in [2.24, 2.45) is 11.3 Å². The third-order valence-corrected chi connectivity index (χ3v) is 5.26. The van der Waals surface area contributed by atoms with Crippen molar-refractivity contribution in [1.29, 1.82) is 0 Å². The molecule has 1 N–H and O–H groups in total. The average molecular weight is 417 g/mol. The lowest BCUT2D eigenvalue weighted by Crippen LogP contribution is -2.49. The number of hydrogen-bond donors (Lipinski definition) is 1. The molecule has 0 radical (unpaired) electrons. The summed E-state index contributed by atoms with van der Waals surface area (Å²) >= 11 is 0. The predicted molar refractivity (Wildman–Crippen MR) is 117 cm³/mol. The maximum Gasteiger partial charge on any atom is 0.308 e. The Morgan fingerprint density at radius 3 is 2.37 bits per heavy atom. The molecule has 0 aromatic heterocycles. The standard InChI is InChI=1S/C24H36N2O4/c1-16(2)30-21(27)14-20(18-11-9-17(3)10-12-18)25-22(28)19-8-7-13-26(15-19)23(29)24(4,5)6/h9-12,16,19-20H,7-8,13-15H2,1-6H3,(H,25,28). The van der Waals surface area contributed by atoms with Crippen molar-refractivity contribution in [3.8, 4) is 0 Å². The van der Waals surface area contributed by atoms with E-state index in [4.69, 9.17) is 4.74 Å². The van der Waals surface area contributed by atoms with Crippen molar-refractivity contribution in [2.45, 2.75) is 73.0 Å². The van der Waals surface area contributed by atoms with Crippen LogP contribution in [-0.2, 0) is 19.1 Å². The number of rotatable bonds is 6. The van der Waals surface area contributed by atoms with Crippen LogP contribution in [0.15, 0.2) is 24.3 Å². The summed E-state index contributed by atoms with van der Waals surface area (Å²) in [6, 6.07) is 7.33. The van der Waals surface area contributed by atoms with E-state index in [2.05, 4.69) is 5.32 Å². The number of benzene rings is 1.